The van der Waals surface area contributed by atoms with Crippen molar-refractivity contribution in [3.8, 4) is 15.5 Å². The van der Waals surface area contributed by atoms with Crippen LogP contribution in [0.5, 0.6) is 5.75 Å². The van der Waals surface area contributed by atoms with E-state index in [4.69, 9.17) is 0 Å². The van der Waals surface area contributed by atoms with Crippen LogP contribution in [0, 0.1) is 13.8 Å². The zero-order valence-electron chi connectivity index (χ0n) is 15.1. The Labute approximate surface area is 161 Å². The monoisotopic (exact) mass is 383 g/mol. The number of phenolic OH excluding ortho intramolecular Hbond substituents is 1. The molecule has 0 fully saturated rings. The van der Waals surface area contributed by atoms with Gasteiger partial charge in [-0.1, -0.05) is 6.07 Å². The fourth-order valence-corrected chi connectivity index (χ4v) is 4.53. The normalized spacial score (nSPS) is 11.3. The lowest BCUT2D eigenvalue weighted by atomic mass is 10.1. The van der Waals surface area contributed by atoms with Crippen molar-refractivity contribution in [1.82, 2.24) is 0 Å². The van der Waals surface area contributed by atoms with Crippen LogP contribution >= 0.6 is 22.7 Å². The highest BCUT2D eigenvalue weighted by atomic mass is 32.1. The molecule has 2 aromatic heterocycles. The summed E-state index contributed by atoms with van der Waals surface area (Å²) in [6, 6.07) is 11.7. The van der Waals surface area contributed by atoms with Gasteiger partial charge in [0.1, 0.15) is 17.2 Å². The Kier molecular flexibility index (Phi) is 5.69. The summed E-state index contributed by atoms with van der Waals surface area (Å²) in [5, 5.41) is 10.0. The standard InChI is InChI=1S/C21H21NO2S2/c1-13-10-21(25-15(13)3)20-9-7-17(26-20)12-22-18-11-16(5-4-14(2)23)6-8-19(18)24/h6-12,24H,4-5H2,1-3H3/b22-12+. The van der Waals surface area contributed by atoms with Crippen LogP contribution in [0.15, 0.2) is 41.4 Å². The zero-order chi connectivity index (χ0) is 18.7. The number of carbonyl (C=O) groups excluding carboxylic acids is 1. The number of aliphatic imine (C=N–C) groups is 1. The van der Waals surface area contributed by atoms with E-state index in [9.17, 15) is 9.90 Å². The number of phenols is 1. The van der Waals surface area contributed by atoms with E-state index in [1.807, 2.05) is 18.2 Å². The molecule has 0 aliphatic heterocycles. The number of aryl methyl sites for hydroxylation is 3. The smallest absolute Gasteiger partial charge is 0.141 e. The molecule has 0 amide bonds. The number of rotatable bonds is 6. The first-order valence-corrected chi connectivity index (χ1v) is 10.1. The number of Topliss-reactive ketones (excluding diaryl/α,β-unsaturated/α-hetero) is 1. The molecule has 0 unspecified atom stereocenters. The summed E-state index contributed by atoms with van der Waals surface area (Å²) >= 11 is 3.49. The van der Waals surface area contributed by atoms with Crippen LogP contribution in [0.4, 0.5) is 5.69 Å². The van der Waals surface area contributed by atoms with Gasteiger partial charge in [-0.25, -0.2) is 0 Å². The molecule has 0 bridgehead atoms. The fraction of sp³-hybridized carbons (Fsp3) is 0.238. The highest BCUT2D eigenvalue weighted by Gasteiger charge is 2.07. The highest BCUT2D eigenvalue weighted by Crippen LogP contribution is 2.35. The van der Waals surface area contributed by atoms with Crippen molar-refractivity contribution >= 4 is 40.4 Å². The van der Waals surface area contributed by atoms with Gasteiger partial charge in [-0.2, -0.15) is 0 Å². The molecule has 0 saturated heterocycles. The third-order valence-electron chi connectivity index (χ3n) is 4.17. The number of carbonyl (C=O) groups is 1. The predicted molar refractivity (Wildman–Crippen MR) is 111 cm³/mol. The highest BCUT2D eigenvalue weighted by molar-refractivity contribution is 7.23. The Hall–Kier alpha value is -2.24. The lowest BCUT2D eigenvalue weighted by molar-refractivity contribution is -0.116. The average Bonchev–Trinajstić information content (AvgIpc) is 3.20. The van der Waals surface area contributed by atoms with Gasteiger partial charge in [0.15, 0.2) is 0 Å². The molecule has 0 aliphatic carbocycles. The van der Waals surface area contributed by atoms with E-state index in [2.05, 4.69) is 31.0 Å². The number of hydrogen-bond acceptors (Lipinski definition) is 5. The summed E-state index contributed by atoms with van der Waals surface area (Å²) in [6.45, 7) is 5.86. The molecule has 3 rings (SSSR count). The molecular weight excluding hydrogens is 362 g/mol. The van der Waals surface area contributed by atoms with Gasteiger partial charge < -0.3 is 9.90 Å². The van der Waals surface area contributed by atoms with Crippen molar-refractivity contribution in [3.05, 3.63) is 57.3 Å². The maximum Gasteiger partial charge on any atom is 0.141 e. The maximum absolute atomic E-state index is 11.1. The Bertz CT molecular complexity index is 947. The first kappa shape index (κ1) is 18.5. The number of hydrogen-bond donors (Lipinski definition) is 1. The van der Waals surface area contributed by atoms with E-state index in [1.165, 1.54) is 20.2 Å². The van der Waals surface area contributed by atoms with Crippen molar-refractivity contribution in [2.75, 3.05) is 0 Å². The predicted octanol–water partition coefficient (Wildman–Crippen LogP) is 6.07. The average molecular weight is 384 g/mol. The molecule has 3 nitrogen and oxygen atoms in total. The summed E-state index contributed by atoms with van der Waals surface area (Å²) in [5.74, 6) is 0.308. The molecule has 0 spiro atoms. The van der Waals surface area contributed by atoms with E-state index in [0.29, 0.717) is 18.5 Å². The van der Waals surface area contributed by atoms with Crippen LogP contribution in [0.2, 0.25) is 0 Å². The SMILES string of the molecule is CC(=O)CCc1ccc(O)c(/N=C/c2ccc(-c3cc(C)c(C)s3)s2)c1. The number of benzene rings is 1. The van der Waals surface area contributed by atoms with Crippen LogP contribution < -0.4 is 0 Å². The van der Waals surface area contributed by atoms with Crippen LogP contribution in [-0.4, -0.2) is 17.1 Å². The van der Waals surface area contributed by atoms with Gasteiger partial charge >= 0.3 is 0 Å². The van der Waals surface area contributed by atoms with Crippen molar-refractivity contribution in [1.29, 1.82) is 0 Å². The molecule has 0 aliphatic rings. The fourth-order valence-electron chi connectivity index (χ4n) is 2.53. The minimum absolute atomic E-state index is 0.147. The van der Waals surface area contributed by atoms with Crippen LogP contribution in [-0.2, 0) is 11.2 Å². The first-order valence-electron chi connectivity index (χ1n) is 8.45. The van der Waals surface area contributed by atoms with Crippen LogP contribution in [0.3, 0.4) is 0 Å². The van der Waals surface area contributed by atoms with Crippen molar-refractivity contribution in [3.63, 3.8) is 0 Å². The third kappa shape index (κ3) is 4.48. The maximum atomic E-state index is 11.1. The molecule has 0 radical (unpaired) electrons. The summed E-state index contributed by atoms with van der Waals surface area (Å²) < 4.78 is 0. The molecule has 0 atom stereocenters. The van der Waals surface area contributed by atoms with E-state index in [0.717, 1.165) is 10.4 Å². The van der Waals surface area contributed by atoms with Gasteiger partial charge in [-0.3, -0.25) is 4.99 Å². The lowest BCUT2D eigenvalue weighted by Gasteiger charge is -2.03. The number of ketones is 1. The summed E-state index contributed by atoms with van der Waals surface area (Å²) in [4.78, 5) is 20.5. The second kappa shape index (κ2) is 7.98. The number of nitrogens with zero attached hydrogens (tertiary/aromatic N) is 1. The summed E-state index contributed by atoms with van der Waals surface area (Å²) in [7, 11) is 0. The van der Waals surface area contributed by atoms with Crippen LogP contribution in [0.1, 0.15) is 34.2 Å². The molecule has 1 aromatic carbocycles. The van der Waals surface area contributed by atoms with Gasteiger partial charge in [-0.05, 0) is 68.7 Å². The molecule has 0 saturated carbocycles. The van der Waals surface area contributed by atoms with E-state index >= 15 is 0 Å². The zero-order valence-corrected chi connectivity index (χ0v) is 16.7. The van der Waals surface area contributed by atoms with Gasteiger partial charge in [-0.15, -0.1) is 22.7 Å². The van der Waals surface area contributed by atoms with E-state index in [1.54, 1.807) is 41.9 Å². The second-order valence-electron chi connectivity index (χ2n) is 6.34. The summed E-state index contributed by atoms with van der Waals surface area (Å²) in [6.07, 6.45) is 2.95. The third-order valence-corrected chi connectivity index (χ3v) is 6.54. The van der Waals surface area contributed by atoms with Gasteiger partial charge in [0.05, 0.1) is 0 Å². The largest absolute Gasteiger partial charge is 0.506 e. The van der Waals surface area contributed by atoms with Gasteiger partial charge in [0, 0.05) is 32.1 Å². The molecule has 2 heterocycles. The number of thiophene rings is 2. The van der Waals surface area contributed by atoms with E-state index < -0.39 is 0 Å². The molecular formula is C21H21NO2S2. The van der Waals surface area contributed by atoms with Crippen molar-refractivity contribution < 1.29 is 9.90 Å². The Morgan fingerprint density at radius 1 is 1.12 bits per heavy atom. The minimum atomic E-state index is 0.147. The molecule has 1 N–H and O–H groups in total. The van der Waals surface area contributed by atoms with Crippen LogP contribution in [0.25, 0.3) is 9.75 Å². The molecule has 134 valence electrons. The van der Waals surface area contributed by atoms with Gasteiger partial charge in [0.2, 0.25) is 0 Å². The topological polar surface area (TPSA) is 49.7 Å². The Morgan fingerprint density at radius 2 is 1.92 bits per heavy atom. The molecule has 5 heteroatoms. The second-order valence-corrected chi connectivity index (χ2v) is 8.71. The van der Waals surface area contributed by atoms with Crippen molar-refractivity contribution in [2.24, 2.45) is 4.99 Å². The lowest BCUT2D eigenvalue weighted by Crippen LogP contribution is -1.93. The van der Waals surface area contributed by atoms with Crippen molar-refractivity contribution in [2.45, 2.75) is 33.6 Å². The Balaban J connectivity index is 1.77. The Morgan fingerprint density at radius 3 is 2.62 bits per heavy atom. The van der Waals surface area contributed by atoms with Gasteiger partial charge in [0.25, 0.3) is 0 Å². The minimum Gasteiger partial charge on any atom is -0.506 e. The molecule has 26 heavy (non-hydrogen) atoms. The number of aromatic hydroxyl groups is 1. The molecule has 3 aromatic rings. The quantitative estimate of drug-likeness (QED) is 0.525. The summed E-state index contributed by atoms with van der Waals surface area (Å²) in [5.41, 5.74) is 2.85. The van der Waals surface area contributed by atoms with E-state index in [-0.39, 0.29) is 11.5 Å². The first-order chi connectivity index (χ1) is 12.4.